The topological polar surface area (TPSA) is 34.1 Å². The monoisotopic (exact) mass is 204 g/mol. The number of hydrogen-bond acceptors (Lipinski definition) is 4. The van der Waals surface area contributed by atoms with Crippen LogP contribution in [0.25, 0.3) is 0 Å². The van der Waals surface area contributed by atoms with Gasteiger partial charge in [-0.15, -0.1) is 0 Å². The predicted molar refractivity (Wildman–Crippen MR) is 55.4 cm³/mol. The molecular formula is C8H12O2S2. The fourth-order valence-electron chi connectivity index (χ4n) is 0.467. The van der Waals surface area contributed by atoms with Crippen molar-refractivity contribution in [2.24, 2.45) is 0 Å². The first-order valence-corrected chi connectivity index (χ1v) is 5.51. The molecule has 0 aromatic carbocycles. The fourth-order valence-corrected chi connectivity index (χ4v) is 1.40. The van der Waals surface area contributed by atoms with Crippen molar-refractivity contribution in [2.75, 3.05) is 11.5 Å². The van der Waals surface area contributed by atoms with E-state index in [-0.39, 0.29) is 10.2 Å². The van der Waals surface area contributed by atoms with E-state index in [9.17, 15) is 9.59 Å². The number of carbonyl (C=O) groups excluding carboxylic acids is 2. The molecule has 0 atom stereocenters. The molecule has 2 nitrogen and oxygen atoms in total. The Hall–Kier alpha value is -0.220. The van der Waals surface area contributed by atoms with Crippen molar-refractivity contribution in [1.29, 1.82) is 0 Å². The van der Waals surface area contributed by atoms with Gasteiger partial charge in [0.15, 0.2) is 10.2 Å². The Labute approximate surface area is 81.2 Å². The summed E-state index contributed by atoms with van der Waals surface area (Å²) in [7, 11) is 0. The van der Waals surface area contributed by atoms with Crippen molar-refractivity contribution in [3.8, 4) is 0 Å². The van der Waals surface area contributed by atoms with Crippen molar-refractivity contribution < 1.29 is 9.59 Å². The van der Waals surface area contributed by atoms with Crippen molar-refractivity contribution in [1.82, 2.24) is 0 Å². The minimum absolute atomic E-state index is 0.124. The number of carbonyl (C=O) groups is 2. The SMILES string of the molecule is CC(=O)SC/C=C/CSC(C)=O. The zero-order valence-electron chi connectivity index (χ0n) is 7.20. The smallest absolute Gasteiger partial charge is 0.186 e. The summed E-state index contributed by atoms with van der Waals surface area (Å²) >= 11 is 2.54. The molecule has 0 unspecified atom stereocenters. The molecule has 0 bridgehead atoms. The van der Waals surface area contributed by atoms with E-state index in [1.54, 1.807) is 13.8 Å². The van der Waals surface area contributed by atoms with Gasteiger partial charge in [-0.3, -0.25) is 9.59 Å². The molecule has 0 aliphatic heterocycles. The first kappa shape index (κ1) is 11.8. The molecule has 0 saturated heterocycles. The highest BCUT2D eigenvalue weighted by Crippen LogP contribution is 2.03. The Morgan fingerprint density at radius 3 is 1.58 bits per heavy atom. The van der Waals surface area contributed by atoms with E-state index in [1.165, 1.54) is 23.5 Å². The Morgan fingerprint density at radius 2 is 1.33 bits per heavy atom. The highest BCUT2D eigenvalue weighted by Gasteiger charge is 1.90. The molecule has 12 heavy (non-hydrogen) atoms. The van der Waals surface area contributed by atoms with E-state index in [4.69, 9.17) is 0 Å². The van der Waals surface area contributed by atoms with Gasteiger partial charge in [-0.1, -0.05) is 35.7 Å². The number of rotatable bonds is 4. The van der Waals surface area contributed by atoms with Gasteiger partial charge in [0.05, 0.1) is 0 Å². The standard InChI is InChI=1S/C8H12O2S2/c1-7(9)11-5-3-4-6-12-8(2)10/h3-4H,5-6H2,1-2H3/b4-3+. The summed E-state index contributed by atoms with van der Waals surface area (Å²) in [5.41, 5.74) is 0. The van der Waals surface area contributed by atoms with Gasteiger partial charge >= 0.3 is 0 Å². The lowest BCUT2D eigenvalue weighted by Crippen LogP contribution is -1.84. The largest absolute Gasteiger partial charge is 0.288 e. The summed E-state index contributed by atoms with van der Waals surface area (Å²) in [6.07, 6.45) is 3.81. The molecule has 0 aromatic rings. The van der Waals surface area contributed by atoms with Crippen LogP contribution >= 0.6 is 23.5 Å². The summed E-state index contributed by atoms with van der Waals surface area (Å²) < 4.78 is 0. The third-order valence-corrected chi connectivity index (χ3v) is 2.46. The van der Waals surface area contributed by atoms with Crippen LogP contribution in [0, 0.1) is 0 Å². The highest BCUT2D eigenvalue weighted by molar-refractivity contribution is 8.14. The van der Waals surface area contributed by atoms with E-state index < -0.39 is 0 Å². The average Bonchev–Trinajstić information content (AvgIpc) is 1.95. The first-order chi connectivity index (χ1) is 5.63. The van der Waals surface area contributed by atoms with Crippen LogP contribution in [0.3, 0.4) is 0 Å². The van der Waals surface area contributed by atoms with Crippen LogP contribution in [0.2, 0.25) is 0 Å². The van der Waals surface area contributed by atoms with Crippen molar-refractivity contribution in [3.63, 3.8) is 0 Å². The van der Waals surface area contributed by atoms with Crippen molar-refractivity contribution >= 4 is 33.8 Å². The predicted octanol–water partition coefficient (Wildman–Crippen LogP) is 2.10. The summed E-state index contributed by atoms with van der Waals surface area (Å²) in [5, 5.41) is 0.248. The lowest BCUT2D eigenvalue weighted by Gasteiger charge is -1.89. The van der Waals surface area contributed by atoms with Crippen molar-refractivity contribution in [3.05, 3.63) is 12.2 Å². The molecule has 0 rings (SSSR count). The summed E-state index contributed by atoms with van der Waals surface area (Å²) in [4.78, 5) is 20.9. The van der Waals surface area contributed by atoms with E-state index in [0.717, 1.165) is 0 Å². The third kappa shape index (κ3) is 9.78. The van der Waals surface area contributed by atoms with Gasteiger partial charge < -0.3 is 0 Å². The Kier molecular flexibility index (Phi) is 7.29. The minimum atomic E-state index is 0.124. The van der Waals surface area contributed by atoms with E-state index in [2.05, 4.69) is 0 Å². The van der Waals surface area contributed by atoms with Crippen molar-refractivity contribution in [2.45, 2.75) is 13.8 Å². The molecule has 68 valence electrons. The minimum Gasteiger partial charge on any atom is -0.288 e. The molecule has 0 heterocycles. The molecular weight excluding hydrogens is 192 g/mol. The van der Waals surface area contributed by atoms with Crippen LogP contribution in [0.4, 0.5) is 0 Å². The van der Waals surface area contributed by atoms with Crippen LogP contribution in [-0.4, -0.2) is 21.7 Å². The molecule has 0 radical (unpaired) electrons. The van der Waals surface area contributed by atoms with Gasteiger partial charge in [-0.05, 0) is 0 Å². The van der Waals surface area contributed by atoms with Gasteiger partial charge in [0.1, 0.15) is 0 Å². The quantitative estimate of drug-likeness (QED) is 0.657. The lowest BCUT2D eigenvalue weighted by molar-refractivity contribution is -0.109. The Balaban J connectivity index is 3.26. The molecule has 0 spiro atoms. The van der Waals surface area contributed by atoms with E-state index in [0.29, 0.717) is 11.5 Å². The normalized spacial score (nSPS) is 10.5. The number of hydrogen-bond donors (Lipinski definition) is 0. The molecule has 0 aliphatic carbocycles. The maximum atomic E-state index is 10.5. The number of thioether (sulfide) groups is 2. The second-order valence-electron chi connectivity index (χ2n) is 2.08. The second kappa shape index (κ2) is 7.43. The molecule has 0 saturated carbocycles. The molecule has 0 fully saturated rings. The zero-order valence-corrected chi connectivity index (χ0v) is 8.83. The van der Waals surface area contributed by atoms with Crippen LogP contribution in [0.5, 0.6) is 0 Å². The molecule has 0 aliphatic rings. The Bertz CT molecular complexity index is 167. The fraction of sp³-hybridized carbons (Fsp3) is 0.500. The van der Waals surface area contributed by atoms with Gasteiger partial charge in [0.25, 0.3) is 0 Å². The third-order valence-electron chi connectivity index (χ3n) is 0.932. The molecule has 0 aromatic heterocycles. The lowest BCUT2D eigenvalue weighted by atomic mass is 10.6. The summed E-state index contributed by atoms with van der Waals surface area (Å²) in [5.74, 6) is 1.40. The van der Waals surface area contributed by atoms with Gasteiger partial charge in [0.2, 0.25) is 0 Å². The van der Waals surface area contributed by atoms with Gasteiger partial charge in [-0.2, -0.15) is 0 Å². The second-order valence-corrected chi connectivity index (χ2v) is 4.47. The summed E-state index contributed by atoms with van der Waals surface area (Å²) in [6, 6.07) is 0. The molecule has 4 heteroatoms. The maximum Gasteiger partial charge on any atom is 0.186 e. The average molecular weight is 204 g/mol. The van der Waals surface area contributed by atoms with Gasteiger partial charge in [-0.25, -0.2) is 0 Å². The molecule has 0 amide bonds. The Morgan fingerprint density at radius 1 is 1.00 bits per heavy atom. The highest BCUT2D eigenvalue weighted by atomic mass is 32.2. The van der Waals surface area contributed by atoms with Crippen LogP contribution in [0.1, 0.15) is 13.8 Å². The van der Waals surface area contributed by atoms with Gasteiger partial charge in [0, 0.05) is 25.4 Å². The van der Waals surface area contributed by atoms with Crippen LogP contribution in [-0.2, 0) is 9.59 Å². The maximum absolute atomic E-state index is 10.5. The zero-order chi connectivity index (χ0) is 9.40. The summed E-state index contributed by atoms with van der Waals surface area (Å²) in [6.45, 7) is 3.09. The van der Waals surface area contributed by atoms with E-state index in [1.807, 2.05) is 12.2 Å². The van der Waals surface area contributed by atoms with Crippen LogP contribution < -0.4 is 0 Å². The van der Waals surface area contributed by atoms with E-state index >= 15 is 0 Å². The van der Waals surface area contributed by atoms with Crippen LogP contribution in [0.15, 0.2) is 12.2 Å². The molecule has 0 N–H and O–H groups in total. The first-order valence-electron chi connectivity index (χ1n) is 3.54.